The highest BCUT2D eigenvalue weighted by Crippen LogP contribution is 2.17. The molecule has 0 aliphatic carbocycles. The SMILES string of the molecule is CCc1ccccc1C(=O)NCc1ccccc1CN1CCC(O)C1. The second-order valence-corrected chi connectivity index (χ2v) is 6.64. The first-order valence-corrected chi connectivity index (χ1v) is 9.00. The van der Waals surface area contributed by atoms with E-state index >= 15 is 0 Å². The number of carbonyl (C=O) groups excluding carboxylic acids is 1. The third-order valence-corrected chi connectivity index (χ3v) is 4.84. The number of aliphatic hydroxyl groups excluding tert-OH is 1. The van der Waals surface area contributed by atoms with E-state index in [9.17, 15) is 9.90 Å². The van der Waals surface area contributed by atoms with E-state index in [1.165, 1.54) is 5.56 Å². The van der Waals surface area contributed by atoms with Gasteiger partial charge in [-0.2, -0.15) is 0 Å². The largest absolute Gasteiger partial charge is 0.392 e. The zero-order chi connectivity index (χ0) is 17.6. The second kappa shape index (κ2) is 8.28. The fourth-order valence-electron chi connectivity index (χ4n) is 3.40. The number of hydrogen-bond donors (Lipinski definition) is 2. The van der Waals surface area contributed by atoms with Crippen LogP contribution >= 0.6 is 0 Å². The maximum Gasteiger partial charge on any atom is 0.251 e. The third-order valence-electron chi connectivity index (χ3n) is 4.84. The highest BCUT2D eigenvalue weighted by molar-refractivity contribution is 5.95. The Morgan fingerprint density at radius 3 is 2.48 bits per heavy atom. The lowest BCUT2D eigenvalue weighted by atomic mass is 10.0. The van der Waals surface area contributed by atoms with E-state index in [-0.39, 0.29) is 12.0 Å². The molecule has 2 N–H and O–H groups in total. The van der Waals surface area contributed by atoms with Gasteiger partial charge >= 0.3 is 0 Å². The van der Waals surface area contributed by atoms with Gasteiger partial charge in [-0.05, 0) is 35.6 Å². The minimum Gasteiger partial charge on any atom is -0.392 e. The van der Waals surface area contributed by atoms with Crippen LogP contribution in [0.25, 0.3) is 0 Å². The van der Waals surface area contributed by atoms with Gasteiger partial charge in [0.2, 0.25) is 0 Å². The van der Waals surface area contributed by atoms with Crippen molar-refractivity contribution in [3.8, 4) is 0 Å². The molecule has 0 saturated carbocycles. The standard InChI is InChI=1S/C21H26N2O2/c1-2-16-7-5-6-10-20(16)21(25)22-13-17-8-3-4-9-18(17)14-23-12-11-19(24)15-23/h3-10,19,24H,2,11-15H2,1H3,(H,22,25). The Hall–Kier alpha value is -2.17. The molecular weight excluding hydrogens is 312 g/mol. The molecule has 1 amide bonds. The predicted octanol–water partition coefficient (Wildman–Crippen LogP) is 2.75. The van der Waals surface area contributed by atoms with E-state index in [1.807, 2.05) is 36.4 Å². The monoisotopic (exact) mass is 338 g/mol. The molecule has 25 heavy (non-hydrogen) atoms. The van der Waals surface area contributed by atoms with Gasteiger partial charge in [0.25, 0.3) is 5.91 Å². The molecule has 0 radical (unpaired) electrons. The zero-order valence-corrected chi connectivity index (χ0v) is 14.7. The third kappa shape index (κ3) is 4.47. The van der Waals surface area contributed by atoms with Crippen molar-refractivity contribution in [3.05, 3.63) is 70.8 Å². The quantitative estimate of drug-likeness (QED) is 0.851. The molecule has 1 unspecified atom stereocenters. The molecule has 1 saturated heterocycles. The summed E-state index contributed by atoms with van der Waals surface area (Å²) < 4.78 is 0. The first kappa shape index (κ1) is 17.6. The zero-order valence-electron chi connectivity index (χ0n) is 14.7. The van der Waals surface area contributed by atoms with Crippen molar-refractivity contribution in [3.63, 3.8) is 0 Å². The molecule has 132 valence electrons. The van der Waals surface area contributed by atoms with E-state index in [4.69, 9.17) is 0 Å². The lowest BCUT2D eigenvalue weighted by Gasteiger charge is -2.18. The van der Waals surface area contributed by atoms with Crippen molar-refractivity contribution in [2.24, 2.45) is 0 Å². The first-order valence-electron chi connectivity index (χ1n) is 9.00. The summed E-state index contributed by atoms with van der Waals surface area (Å²) >= 11 is 0. The minimum absolute atomic E-state index is 0.0242. The van der Waals surface area contributed by atoms with Crippen LogP contribution in [0, 0.1) is 0 Å². The maximum atomic E-state index is 12.5. The summed E-state index contributed by atoms with van der Waals surface area (Å²) in [7, 11) is 0. The average molecular weight is 338 g/mol. The Kier molecular flexibility index (Phi) is 5.84. The molecule has 1 atom stereocenters. The molecule has 4 heteroatoms. The van der Waals surface area contributed by atoms with E-state index in [0.717, 1.165) is 49.2 Å². The molecule has 1 aliphatic heterocycles. The van der Waals surface area contributed by atoms with Gasteiger partial charge < -0.3 is 10.4 Å². The van der Waals surface area contributed by atoms with Crippen molar-refractivity contribution in [1.82, 2.24) is 10.2 Å². The van der Waals surface area contributed by atoms with Crippen LogP contribution in [-0.2, 0) is 19.5 Å². The maximum absolute atomic E-state index is 12.5. The first-order chi connectivity index (χ1) is 12.2. The van der Waals surface area contributed by atoms with Crippen LogP contribution in [0.15, 0.2) is 48.5 Å². The van der Waals surface area contributed by atoms with Gasteiger partial charge in [-0.1, -0.05) is 49.4 Å². The minimum atomic E-state index is -0.211. The lowest BCUT2D eigenvalue weighted by molar-refractivity contribution is 0.0950. The molecule has 1 aliphatic rings. The summed E-state index contributed by atoms with van der Waals surface area (Å²) in [4.78, 5) is 14.8. The molecular formula is C21H26N2O2. The fourth-order valence-corrected chi connectivity index (χ4v) is 3.40. The van der Waals surface area contributed by atoms with E-state index in [1.54, 1.807) is 0 Å². The average Bonchev–Trinajstić information content (AvgIpc) is 3.05. The van der Waals surface area contributed by atoms with Gasteiger partial charge in [0.05, 0.1) is 6.10 Å². The number of aryl methyl sites for hydroxylation is 1. The van der Waals surface area contributed by atoms with Gasteiger partial charge in [-0.25, -0.2) is 0 Å². The van der Waals surface area contributed by atoms with Gasteiger partial charge in [0.1, 0.15) is 0 Å². The van der Waals surface area contributed by atoms with Gasteiger partial charge in [-0.3, -0.25) is 9.69 Å². The molecule has 2 aromatic carbocycles. The molecule has 1 fully saturated rings. The van der Waals surface area contributed by atoms with Crippen LogP contribution in [-0.4, -0.2) is 35.1 Å². The van der Waals surface area contributed by atoms with Crippen LogP contribution in [0.5, 0.6) is 0 Å². The van der Waals surface area contributed by atoms with Gasteiger partial charge in [0.15, 0.2) is 0 Å². The van der Waals surface area contributed by atoms with Crippen LogP contribution in [0.3, 0.4) is 0 Å². The van der Waals surface area contributed by atoms with Crippen molar-refractivity contribution in [2.45, 2.75) is 39.0 Å². The number of likely N-dealkylation sites (tertiary alicyclic amines) is 1. The Balaban J connectivity index is 1.66. The molecule has 1 heterocycles. The van der Waals surface area contributed by atoms with Crippen molar-refractivity contribution in [2.75, 3.05) is 13.1 Å². The lowest BCUT2D eigenvalue weighted by Crippen LogP contribution is -2.26. The van der Waals surface area contributed by atoms with E-state index in [0.29, 0.717) is 6.54 Å². The number of β-amino-alcohol motifs (C(OH)–C–C–N with tert-alkyl or cyclic N) is 1. The molecule has 2 aromatic rings. The summed E-state index contributed by atoms with van der Waals surface area (Å²) in [6, 6.07) is 16.0. The van der Waals surface area contributed by atoms with Gasteiger partial charge in [-0.15, -0.1) is 0 Å². The number of rotatable bonds is 6. The smallest absolute Gasteiger partial charge is 0.251 e. The van der Waals surface area contributed by atoms with E-state index in [2.05, 4.69) is 29.3 Å². The summed E-state index contributed by atoms with van der Waals surface area (Å²) in [6.45, 7) is 5.04. The molecule has 3 rings (SSSR count). The molecule has 4 nitrogen and oxygen atoms in total. The molecule has 0 aromatic heterocycles. The second-order valence-electron chi connectivity index (χ2n) is 6.64. The normalized spacial score (nSPS) is 17.6. The Morgan fingerprint density at radius 2 is 1.80 bits per heavy atom. The van der Waals surface area contributed by atoms with E-state index < -0.39 is 0 Å². The Bertz CT molecular complexity index is 729. The van der Waals surface area contributed by atoms with Crippen LogP contribution in [0.4, 0.5) is 0 Å². The molecule has 0 bridgehead atoms. The summed E-state index contributed by atoms with van der Waals surface area (Å²) in [5.41, 5.74) is 4.16. The summed E-state index contributed by atoms with van der Waals surface area (Å²) in [5.74, 6) is -0.0242. The van der Waals surface area contributed by atoms with Crippen molar-refractivity contribution < 1.29 is 9.90 Å². The number of nitrogens with one attached hydrogen (secondary N) is 1. The predicted molar refractivity (Wildman–Crippen MR) is 99.3 cm³/mol. The number of hydrogen-bond acceptors (Lipinski definition) is 3. The van der Waals surface area contributed by atoms with Crippen LogP contribution in [0.2, 0.25) is 0 Å². The highest BCUT2D eigenvalue weighted by atomic mass is 16.3. The van der Waals surface area contributed by atoms with Crippen LogP contribution < -0.4 is 5.32 Å². The number of benzene rings is 2. The van der Waals surface area contributed by atoms with Crippen LogP contribution in [0.1, 0.15) is 40.4 Å². The molecule has 0 spiro atoms. The highest BCUT2D eigenvalue weighted by Gasteiger charge is 2.20. The number of amides is 1. The Labute approximate surface area is 149 Å². The van der Waals surface area contributed by atoms with Gasteiger partial charge in [0, 0.05) is 31.7 Å². The summed E-state index contributed by atoms with van der Waals surface area (Å²) in [6.07, 6.45) is 1.47. The number of carbonyl (C=O) groups is 1. The van der Waals surface area contributed by atoms with Crippen molar-refractivity contribution >= 4 is 5.91 Å². The number of aliphatic hydroxyl groups is 1. The number of nitrogens with zero attached hydrogens (tertiary/aromatic N) is 1. The topological polar surface area (TPSA) is 52.6 Å². The fraction of sp³-hybridized carbons (Fsp3) is 0.381. The Morgan fingerprint density at radius 1 is 1.12 bits per heavy atom. The van der Waals surface area contributed by atoms with Crippen molar-refractivity contribution in [1.29, 1.82) is 0 Å². The summed E-state index contributed by atoms with van der Waals surface area (Å²) in [5, 5.41) is 12.8.